The van der Waals surface area contributed by atoms with Crippen LogP contribution in [0.2, 0.25) is 0 Å². The van der Waals surface area contributed by atoms with Gasteiger partial charge < -0.3 is 14.9 Å². The van der Waals surface area contributed by atoms with E-state index in [-0.39, 0.29) is 18.9 Å². The number of rotatable bonds is 7. The number of carboxylic acid groups (broad SMARTS) is 1. The third kappa shape index (κ3) is 5.15. The summed E-state index contributed by atoms with van der Waals surface area (Å²) in [7, 11) is 0. The molecule has 0 saturated heterocycles. The summed E-state index contributed by atoms with van der Waals surface area (Å²) < 4.78 is 5.73. The van der Waals surface area contributed by atoms with Gasteiger partial charge in [0.1, 0.15) is 12.4 Å². The standard InChI is InChI=1S/C20H20O4/c1-2-3-18(12-20(22)23)17-8-10-19(11-9-17)24-14-16-6-4-15(13-21)5-7-16/h4-11,18,21H,12-14H2,1H3,(H,22,23). The van der Waals surface area contributed by atoms with Crippen molar-refractivity contribution in [3.05, 3.63) is 65.2 Å². The van der Waals surface area contributed by atoms with E-state index >= 15 is 0 Å². The van der Waals surface area contributed by atoms with Crippen LogP contribution in [0.25, 0.3) is 0 Å². The Hall–Kier alpha value is -2.77. The van der Waals surface area contributed by atoms with Crippen LogP contribution >= 0.6 is 0 Å². The first-order valence-corrected chi connectivity index (χ1v) is 7.68. The average molecular weight is 324 g/mol. The van der Waals surface area contributed by atoms with Gasteiger partial charge in [0.25, 0.3) is 0 Å². The number of ether oxygens (including phenoxy) is 1. The van der Waals surface area contributed by atoms with E-state index in [0.29, 0.717) is 12.4 Å². The van der Waals surface area contributed by atoms with Crippen molar-refractivity contribution in [2.75, 3.05) is 0 Å². The minimum absolute atomic E-state index is 0.0156. The Balaban J connectivity index is 1.99. The minimum atomic E-state index is -0.866. The van der Waals surface area contributed by atoms with Crippen molar-refractivity contribution >= 4 is 5.97 Å². The maximum atomic E-state index is 10.9. The van der Waals surface area contributed by atoms with E-state index in [0.717, 1.165) is 16.7 Å². The van der Waals surface area contributed by atoms with E-state index in [1.165, 1.54) is 0 Å². The minimum Gasteiger partial charge on any atom is -0.489 e. The molecule has 2 N–H and O–H groups in total. The largest absolute Gasteiger partial charge is 0.489 e. The zero-order valence-electron chi connectivity index (χ0n) is 13.5. The van der Waals surface area contributed by atoms with Gasteiger partial charge in [-0.2, -0.15) is 0 Å². The molecule has 0 fully saturated rings. The fraction of sp³-hybridized carbons (Fsp3) is 0.250. The number of carbonyl (C=O) groups is 1. The highest BCUT2D eigenvalue weighted by Gasteiger charge is 2.13. The zero-order chi connectivity index (χ0) is 17.4. The second-order valence-electron chi connectivity index (χ2n) is 5.38. The predicted octanol–water partition coefficient (Wildman–Crippen LogP) is 3.34. The van der Waals surface area contributed by atoms with Gasteiger partial charge in [0, 0.05) is 0 Å². The van der Waals surface area contributed by atoms with E-state index < -0.39 is 5.97 Å². The van der Waals surface area contributed by atoms with Crippen LogP contribution in [-0.4, -0.2) is 16.2 Å². The van der Waals surface area contributed by atoms with Gasteiger partial charge in [-0.3, -0.25) is 4.79 Å². The van der Waals surface area contributed by atoms with Gasteiger partial charge in [0.2, 0.25) is 0 Å². The third-order valence-electron chi connectivity index (χ3n) is 3.59. The molecule has 124 valence electrons. The molecule has 2 aromatic rings. The van der Waals surface area contributed by atoms with Gasteiger partial charge in [-0.1, -0.05) is 42.3 Å². The summed E-state index contributed by atoms with van der Waals surface area (Å²) in [6.45, 7) is 2.16. The molecule has 0 spiro atoms. The molecule has 0 aliphatic heterocycles. The maximum absolute atomic E-state index is 10.9. The maximum Gasteiger partial charge on any atom is 0.304 e. The lowest BCUT2D eigenvalue weighted by molar-refractivity contribution is -0.137. The predicted molar refractivity (Wildman–Crippen MR) is 91.6 cm³/mol. The van der Waals surface area contributed by atoms with Crippen molar-refractivity contribution in [3.8, 4) is 17.6 Å². The topological polar surface area (TPSA) is 66.8 Å². The smallest absolute Gasteiger partial charge is 0.304 e. The van der Waals surface area contributed by atoms with Crippen LogP contribution in [0.4, 0.5) is 0 Å². The quantitative estimate of drug-likeness (QED) is 0.767. The summed E-state index contributed by atoms with van der Waals surface area (Å²) in [6.07, 6.45) is -0.0156. The van der Waals surface area contributed by atoms with E-state index in [2.05, 4.69) is 11.8 Å². The van der Waals surface area contributed by atoms with Crippen LogP contribution in [-0.2, 0) is 18.0 Å². The lowest BCUT2D eigenvalue weighted by Crippen LogP contribution is -2.04. The first-order chi connectivity index (χ1) is 11.6. The molecule has 0 radical (unpaired) electrons. The molecule has 2 aromatic carbocycles. The van der Waals surface area contributed by atoms with E-state index in [9.17, 15) is 4.79 Å². The fourth-order valence-electron chi connectivity index (χ4n) is 2.30. The van der Waals surface area contributed by atoms with Crippen LogP contribution in [0, 0.1) is 11.8 Å². The van der Waals surface area contributed by atoms with Crippen LogP contribution in [0.5, 0.6) is 5.75 Å². The van der Waals surface area contributed by atoms with E-state index in [1.807, 2.05) is 48.5 Å². The molecule has 1 unspecified atom stereocenters. The molecule has 0 bridgehead atoms. The number of hydrogen-bond acceptors (Lipinski definition) is 3. The Morgan fingerprint density at radius 3 is 2.25 bits per heavy atom. The summed E-state index contributed by atoms with van der Waals surface area (Å²) in [5.41, 5.74) is 2.74. The van der Waals surface area contributed by atoms with Gasteiger partial charge in [-0.15, -0.1) is 5.92 Å². The SMILES string of the molecule is CC#CC(CC(=O)O)c1ccc(OCc2ccc(CO)cc2)cc1. The second kappa shape index (κ2) is 8.76. The number of aliphatic hydroxyl groups is 1. The van der Waals surface area contributed by atoms with Crippen molar-refractivity contribution in [2.24, 2.45) is 0 Å². The Bertz CT molecular complexity index is 721. The first kappa shape index (κ1) is 17.6. The van der Waals surface area contributed by atoms with Crippen LogP contribution in [0.15, 0.2) is 48.5 Å². The molecule has 0 aliphatic carbocycles. The van der Waals surface area contributed by atoms with E-state index in [1.54, 1.807) is 6.92 Å². The molecule has 0 saturated carbocycles. The van der Waals surface area contributed by atoms with Gasteiger partial charge in [0.05, 0.1) is 18.9 Å². The van der Waals surface area contributed by atoms with Gasteiger partial charge in [0.15, 0.2) is 0 Å². The van der Waals surface area contributed by atoms with Crippen molar-refractivity contribution in [1.82, 2.24) is 0 Å². The second-order valence-corrected chi connectivity index (χ2v) is 5.38. The Labute approximate surface area is 141 Å². The van der Waals surface area contributed by atoms with E-state index in [4.69, 9.17) is 14.9 Å². The number of carboxylic acids is 1. The molecular formula is C20H20O4. The van der Waals surface area contributed by atoms with Crippen LogP contribution in [0.1, 0.15) is 36.0 Å². The molecule has 0 aromatic heterocycles. The van der Waals surface area contributed by atoms with Crippen molar-refractivity contribution < 1.29 is 19.7 Å². The summed E-state index contributed by atoms with van der Waals surface area (Å²) in [5, 5.41) is 18.0. The molecule has 24 heavy (non-hydrogen) atoms. The van der Waals surface area contributed by atoms with Crippen molar-refractivity contribution in [1.29, 1.82) is 0 Å². The first-order valence-electron chi connectivity index (χ1n) is 7.68. The highest BCUT2D eigenvalue weighted by molar-refractivity contribution is 5.69. The molecule has 0 amide bonds. The summed E-state index contributed by atoms with van der Waals surface area (Å²) in [4.78, 5) is 10.9. The van der Waals surface area contributed by atoms with Crippen molar-refractivity contribution in [2.45, 2.75) is 32.5 Å². The summed E-state index contributed by atoms with van der Waals surface area (Å²) in [6, 6.07) is 14.9. The Morgan fingerprint density at radius 1 is 1.08 bits per heavy atom. The highest BCUT2D eigenvalue weighted by atomic mass is 16.5. The Morgan fingerprint density at radius 2 is 1.71 bits per heavy atom. The summed E-state index contributed by atoms with van der Waals surface area (Å²) in [5.74, 6) is 5.24. The fourth-order valence-corrected chi connectivity index (χ4v) is 2.30. The lowest BCUT2D eigenvalue weighted by Gasteiger charge is -2.11. The molecular weight excluding hydrogens is 304 g/mol. The molecule has 2 rings (SSSR count). The Kier molecular flexibility index (Phi) is 6.41. The number of benzene rings is 2. The number of aliphatic hydroxyl groups excluding tert-OH is 1. The monoisotopic (exact) mass is 324 g/mol. The molecule has 4 heteroatoms. The number of hydrogen-bond donors (Lipinski definition) is 2. The normalized spacial score (nSPS) is 11.2. The summed E-state index contributed by atoms with van der Waals surface area (Å²) >= 11 is 0. The van der Waals surface area contributed by atoms with Gasteiger partial charge in [-0.25, -0.2) is 0 Å². The molecule has 0 heterocycles. The van der Waals surface area contributed by atoms with Crippen LogP contribution in [0.3, 0.4) is 0 Å². The highest BCUT2D eigenvalue weighted by Crippen LogP contribution is 2.22. The molecule has 1 atom stereocenters. The molecule has 4 nitrogen and oxygen atoms in total. The van der Waals surface area contributed by atoms with Gasteiger partial charge >= 0.3 is 5.97 Å². The average Bonchev–Trinajstić information content (AvgIpc) is 2.60. The third-order valence-corrected chi connectivity index (χ3v) is 3.59. The van der Waals surface area contributed by atoms with Crippen LogP contribution < -0.4 is 4.74 Å². The molecule has 0 aliphatic rings. The van der Waals surface area contributed by atoms with Crippen molar-refractivity contribution in [3.63, 3.8) is 0 Å². The lowest BCUT2D eigenvalue weighted by atomic mass is 9.96. The number of aliphatic carboxylic acids is 1. The zero-order valence-corrected chi connectivity index (χ0v) is 13.5. The van der Waals surface area contributed by atoms with Gasteiger partial charge in [-0.05, 0) is 35.7 Å².